The van der Waals surface area contributed by atoms with Crippen LogP contribution < -0.4 is 19.7 Å². The Bertz CT molecular complexity index is 1060. The van der Waals surface area contributed by atoms with Crippen LogP contribution in [0.15, 0.2) is 46.9 Å². The van der Waals surface area contributed by atoms with Gasteiger partial charge in [0, 0.05) is 36.2 Å². The first kappa shape index (κ1) is 20.0. The predicted molar refractivity (Wildman–Crippen MR) is 118 cm³/mol. The average molecular weight is 426 g/mol. The molecule has 3 aromatic rings. The molecule has 0 radical (unpaired) electrons. The van der Waals surface area contributed by atoms with Crippen LogP contribution in [-0.4, -0.2) is 55.8 Å². The molecule has 0 bridgehead atoms. The molecule has 4 rings (SSSR count). The number of hydrazone groups is 1. The Morgan fingerprint density at radius 3 is 2.03 bits per heavy atom. The smallest absolute Gasteiger partial charge is 0.203 e. The molecule has 0 fully saturated rings. The predicted octanol–water partition coefficient (Wildman–Crippen LogP) is 3.46. The summed E-state index contributed by atoms with van der Waals surface area (Å²) in [4.78, 5) is 0. The first-order chi connectivity index (χ1) is 14.5. The Balaban J connectivity index is 1.72. The number of hydrazine groups is 2. The van der Waals surface area contributed by atoms with E-state index in [9.17, 15) is 0 Å². The minimum atomic E-state index is 0.560. The van der Waals surface area contributed by atoms with Gasteiger partial charge in [-0.05, 0) is 29.2 Å². The number of benzene rings is 2. The molecule has 0 saturated heterocycles. The molecule has 30 heavy (non-hydrogen) atoms. The van der Waals surface area contributed by atoms with Crippen LogP contribution in [0.3, 0.4) is 0 Å². The zero-order valence-corrected chi connectivity index (χ0v) is 18.3. The van der Waals surface area contributed by atoms with Crippen LogP contribution in [0, 0.1) is 0 Å². The fourth-order valence-electron chi connectivity index (χ4n) is 3.41. The standard InChI is InChI=1S/C21H23N5O3S/c1-25-21(22-26(2)24-25)14-8-6-13(7-9-14)16-12-30-23-19(16)15-10-17(27-3)20(29-5)18(11-15)28-4/h6-12,24H,1-5H3. The van der Waals surface area contributed by atoms with Crippen LogP contribution in [0.2, 0.25) is 0 Å². The van der Waals surface area contributed by atoms with Crippen molar-refractivity contribution in [2.24, 2.45) is 5.10 Å². The molecule has 0 saturated carbocycles. The number of methoxy groups -OCH3 is 3. The molecular formula is C21H23N5O3S. The second-order valence-corrected chi connectivity index (χ2v) is 7.30. The van der Waals surface area contributed by atoms with Gasteiger partial charge in [0.1, 0.15) is 0 Å². The summed E-state index contributed by atoms with van der Waals surface area (Å²) >= 11 is 1.41. The molecule has 0 atom stereocenters. The SMILES string of the molecule is COc1cc(-c2nscc2-c2ccc(C3=NN(C)NN3C)cc2)cc(OC)c1OC. The molecule has 2 aromatic carbocycles. The van der Waals surface area contributed by atoms with E-state index in [1.54, 1.807) is 26.4 Å². The molecule has 1 N–H and O–H groups in total. The number of nitrogens with one attached hydrogen (secondary N) is 1. The van der Waals surface area contributed by atoms with Crippen LogP contribution in [0.4, 0.5) is 0 Å². The van der Waals surface area contributed by atoms with E-state index in [1.165, 1.54) is 11.5 Å². The second-order valence-electron chi connectivity index (χ2n) is 6.67. The van der Waals surface area contributed by atoms with Crippen molar-refractivity contribution in [2.75, 3.05) is 35.4 Å². The quantitative estimate of drug-likeness (QED) is 0.648. The molecule has 8 nitrogen and oxygen atoms in total. The normalized spacial score (nSPS) is 13.4. The van der Waals surface area contributed by atoms with Gasteiger partial charge in [-0.15, -0.1) is 10.6 Å². The highest BCUT2D eigenvalue weighted by atomic mass is 32.1. The fraction of sp³-hybridized carbons (Fsp3) is 0.238. The van der Waals surface area contributed by atoms with Gasteiger partial charge in [-0.3, -0.25) is 5.01 Å². The summed E-state index contributed by atoms with van der Waals surface area (Å²) in [7, 11) is 8.60. The number of hydrogen-bond acceptors (Lipinski definition) is 9. The third-order valence-corrected chi connectivity index (χ3v) is 5.45. The molecule has 1 aliphatic rings. The monoisotopic (exact) mass is 425 g/mol. The summed E-state index contributed by atoms with van der Waals surface area (Å²) in [6.07, 6.45) is 0. The lowest BCUT2D eigenvalue weighted by molar-refractivity contribution is 0.166. The average Bonchev–Trinajstić information content (AvgIpc) is 3.38. The lowest BCUT2D eigenvalue weighted by atomic mass is 10.00. The summed E-state index contributed by atoms with van der Waals surface area (Å²) < 4.78 is 21.1. The molecule has 1 aliphatic heterocycles. The van der Waals surface area contributed by atoms with Gasteiger partial charge in [-0.25, -0.2) is 5.12 Å². The first-order valence-corrected chi connectivity index (χ1v) is 10.1. The maximum Gasteiger partial charge on any atom is 0.203 e. The number of amidine groups is 1. The van der Waals surface area contributed by atoms with Gasteiger partial charge in [0.2, 0.25) is 5.75 Å². The number of nitrogens with zero attached hydrogens (tertiary/aromatic N) is 4. The fourth-order valence-corrected chi connectivity index (χ4v) is 4.13. The van der Waals surface area contributed by atoms with Gasteiger partial charge in [-0.2, -0.15) is 4.37 Å². The molecule has 0 amide bonds. The highest BCUT2D eigenvalue weighted by molar-refractivity contribution is 7.04. The van der Waals surface area contributed by atoms with Crippen molar-refractivity contribution in [1.82, 2.24) is 20.0 Å². The zero-order chi connectivity index (χ0) is 21.3. The number of ether oxygens (including phenoxy) is 3. The molecule has 2 heterocycles. The van der Waals surface area contributed by atoms with Crippen molar-refractivity contribution in [3.05, 3.63) is 47.3 Å². The van der Waals surface area contributed by atoms with Gasteiger partial charge in [0.05, 0.1) is 27.0 Å². The van der Waals surface area contributed by atoms with E-state index >= 15 is 0 Å². The van der Waals surface area contributed by atoms with E-state index in [0.717, 1.165) is 33.8 Å². The van der Waals surface area contributed by atoms with Gasteiger partial charge < -0.3 is 14.2 Å². The Labute approximate surface area is 179 Å². The molecule has 9 heteroatoms. The van der Waals surface area contributed by atoms with Crippen LogP contribution >= 0.6 is 11.5 Å². The number of rotatable bonds is 6. The summed E-state index contributed by atoms with van der Waals surface area (Å²) in [5.41, 5.74) is 7.98. The summed E-state index contributed by atoms with van der Waals surface area (Å²) in [5, 5.41) is 10.1. The minimum Gasteiger partial charge on any atom is -0.493 e. The van der Waals surface area contributed by atoms with Gasteiger partial charge in [0.15, 0.2) is 17.3 Å². The maximum absolute atomic E-state index is 5.50. The summed E-state index contributed by atoms with van der Waals surface area (Å²) in [5.74, 6) is 2.61. The third-order valence-electron chi connectivity index (χ3n) is 4.82. The molecule has 0 aliphatic carbocycles. The highest BCUT2D eigenvalue weighted by Gasteiger charge is 2.20. The largest absolute Gasteiger partial charge is 0.493 e. The number of hydrogen-bond donors (Lipinski definition) is 1. The van der Waals surface area contributed by atoms with Crippen LogP contribution in [0.1, 0.15) is 5.56 Å². The second kappa shape index (κ2) is 8.21. The summed E-state index contributed by atoms with van der Waals surface area (Å²) in [6.45, 7) is 0. The van der Waals surface area contributed by atoms with E-state index in [1.807, 2.05) is 36.6 Å². The lowest BCUT2D eigenvalue weighted by Crippen LogP contribution is -2.38. The van der Waals surface area contributed by atoms with Crippen LogP contribution in [0.25, 0.3) is 22.4 Å². The van der Waals surface area contributed by atoms with Crippen LogP contribution in [-0.2, 0) is 0 Å². The topological polar surface area (TPSA) is 71.5 Å². The molecule has 156 valence electrons. The third kappa shape index (κ3) is 3.53. The van der Waals surface area contributed by atoms with Crippen molar-refractivity contribution >= 4 is 17.4 Å². The summed E-state index contributed by atoms with van der Waals surface area (Å²) in [6, 6.07) is 12.1. The van der Waals surface area contributed by atoms with Crippen molar-refractivity contribution in [3.63, 3.8) is 0 Å². The zero-order valence-electron chi connectivity index (χ0n) is 17.5. The first-order valence-electron chi connectivity index (χ1n) is 9.23. The van der Waals surface area contributed by atoms with Gasteiger partial charge in [0.25, 0.3) is 0 Å². The maximum atomic E-state index is 5.50. The molecular weight excluding hydrogens is 402 g/mol. The lowest BCUT2D eigenvalue weighted by Gasteiger charge is -2.15. The molecule has 1 aromatic heterocycles. The van der Waals surface area contributed by atoms with Crippen molar-refractivity contribution in [2.45, 2.75) is 0 Å². The number of aromatic nitrogens is 1. The van der Waals surface area contributed by atoms with Crippen molar-refractivity contribution in [3.8, 4) is 39.6 Å². The van der Waals surface area contributed by atoms with Gasteiger partial charge >= 0.3 is 0 Å². The molecule has 0 spiro atoms. The van der Waals surface area contributed by atoms with Gasteiger partial charge in [-0.1, -0.05) is 24.3 Å². The van der Waals surface area contributed by atoms with E-state index < -0.39 is 0 Å². The Morgan fingerprint density at radius 1 is 0.867 bits per heavy atom. The Hall–Kier alpha value is -3.30. The van der Waals surface area contributed by atoms with Crippen LogP contribution in [0.5, 0.6) is 17.2 Å². The Morgan fingerprint density at radius 2 is 1.50 bits per heavy atom. The minimum absolute atomic E-state index is 0.560. The van der Waals surface area contributed by atoms with Crippen molar-refractivity contribution < 1.29 is 14.2 Å². The van der Waals surface area contributed by atoms with E-state index in [-0.39, 0.29) is 0 Å². The van der Waals surface area contributed by atoms with E-state index in [2.05, 4.69) is 39.3 Å². The van der Waals surface area contributed by atoms with Crippen molar-refractivity contribution in [1.29, 1.82) is 0 Å². The van der Waals surface area contributed by atoms with E-state index in [0.29, 0.717) is 17.2 Å². The Kier molecular flexibility index (Phi) is 5.47. The van der Waals surface area contributed by atoms with E-state index in [4.69, 9.17) is 14.2 Å². The highest BCUT2D eigenvalue weighted by Crippen LogP contribution is 2.43. The molecule has 0 unspecified atom stereocenters.